The summed E-state index contributed by atoms with van der Waals surface area (Å²) >= 11 is 0. The molecule has 2 rings (SSSR count). The maximum atomic E-state index is 6.89. The third-order valence-corrected chi connectivity index (χ3v) is 3.39. The average Bonchev–Trinajstić information content (AvgIpc) is 2.65. The molecule has 1 aliphatic rings. The van der Waals surface area contributed by atoms with Crippen LogP contribution in [0.4, 0.5) is 5.69 Å². The highest BCUT2D eigenvalue weighted by Gasteiger charge is 2.21. The van der Waals surface area contributed by atoms with Gasteiger partial charge in [-0.15, -0.1) is 0 Å². The fourth-order valence-electron chi connectivity index (χ4n) is 2.55. The maximum absolute atomic E-state index is 6.89. The van der Waals surface area contributed by atoms with Crippen LogP contribution in [-0.4, -0.2) is 0 Å². The molecule has 15 heavy (non-hydrogen) atoms. The molecule has 0 radical (unpaired) electrons. The zero-order valence-corrected chi connectivity index (χ0v) is 9.24. The zero-order valence-electron chi connectivity index (χ0n) is 9.24. The van der Waals surface area contributed by atoms with Crippen LogP contribution in [0.25, 0.3) is 4.85 Å². The van der Waals surface area contributed by atoms with Crippen LogP contribution in [0.5, 0.6) is 0 Å². The van der Waals surface area contributed by atoms with E-state index < -0.39 is 0 Å². The van der Waals surface area contributed by atoms with E-state index in [9.17, 15) is 0 Å². The summed E-state index contributed by atoms with van der Waals surface area (Å²) in [5, 5.41) is 0. The fourth-order valence-corrected chi connectivity index (χ4v) is 2.55. The van der Waals surface area contributed by atoms with E-state index in [1.54, 1.807) is 0 Å². The Balaban J connectivity index is 1.96. The molecule has 1 saturated carbocycles. The number of benzene rings is 1. The Hall–Kier alpha value is -1.29. The predicted molar refractivity (Wildman–Crippen MR) is 62.9 cm³/mol. The summed E-state index contributed by atoms with van der Waals surface area (Å²) in [5.74, 6) is 1.79. The fraction of sp³-hybridized carbons (Fsp3) is 0.500. The van der Waals surface area contributed by atoms with Crippen molar-refractivity contribution >= 4 is 5.69 Å². The molecule has 0 aromatic heterocycles. The van der Waals surface area contributed by atoms with Gasteiger partial charge in [0.2, 0.25) is 0 Å². The van der Waals surface area contributed by atoms with Crippen LogP contribution < -0.4 is 0 Å². The molecule has 1 aliphatic carbocycles. The van der Waals surface area contributed by atoms with Crippen LogP contribution in [-0.2, 0) is 6.42 Å². The van der Waals surface area contributed by atoms with E-state index in [1.165, 1.54) is 31.2 Å². The lowest BCUT2D eigenvalue weighted by Crippen LogP contribution is -1.99. The van der Waals surface area contributed by atoms with Crippen molar-refractivity contribution < 1.29 is 0 Å². The molecule has 1 aromatic rings. The van der Waals surface area contributed by atoms with Gasteiger partial charge in [0.05, 0.1) is 6.57 Å². The van der Waals surface area contributed by atoms with Gasteiger partial charge in [0, 0.05) is 0 Å². The molecule has 1 nitrogen and oxygen atoms in total. The van der Waals surface area contributed by atoms with Crippen LogP contribution in [0.1, 0.15) is 31.7 Å². The molecule has 0 spiro atoms. The van der Waals surface area contributed by atoms with Gasteiger partial charge in [0.15, 0.2) is 5.69 Å². The maximum Gasteiger partial charge on any atom is 0.187 e. The van der Waals surface area contributed by atoms with E-state index in [0.29, 0.717) is 0 Å². The SMILES string of the molecule is [C-]#[N+]c1ccc(C[C@H]2CC[C@@H](C)C2)cc1. The van der Waals surface area contributed by atoms with E-state index in [2.05, 4.69) is 23.9 Å². The second-order valence-electron chi connectivity index (χ2n) is 4.77. The van der Waals surface area contributed by atoms with Crippen LogP contribution in [0.2, 0.25) is 0 Å². The van der Waals surface area contributed by atoms with Crippen molar-refractivity contribution in [2.45, 2.75) is 32.6 Å². The highest BCUT2D eigenvalue weighted by Crippen LogP contribution is 2.32. The third-order valence-electron chi connectivity index (χ3n) is 3.39. The van der Waals surface area contributed by atoms with Gasteiger partial charge < -0.3 is 0 Å². The van der Waals surface area contributed by atoms with Crippen LogP contribution in [0.15, 0.2) is 24.3 Å². The van der Waals surface area contributed by atoms with E-state index in [0.717, 1.165) is 17.5 Å². The van der Waals surface area contributed by atoms with Gasteiger partial charge in [-0.05, 0) is 31.1 Å². The van der Waals surface area contributed by atoms with Crippen molar-refractivity contribution in [3.05, 3.63) is 41.2 Å². The normalized spacial score (nSPS) is 25.1. The first kappa shape index (κ1) is 10.2. The quantitative estimate of drug-likeness (QED) is 0.628. The topological polar surface area (TPSA) is 4.36 Å². The van der Waals surface area contributed by atoms with Gasteiger partial charge in [-0.25, -0.2) is 4.85 Å². The van der Waals surface area contributed by atoms with Gasteiger partial charge in [-0.2, -0.15) is 0 Å². The molecule has 0 bridgehead atoms. The van der Waals surface area contributed by atoms with Crippen molar-refractivity contribution in [1.82, 2.24) is 0 Å². The zero-order chi connectivity index (χ0) is 10.7. The molecule has 0 saturated heterocycles. The molecule has 2 atom stereocenters. The lowest BCUT2D eigenvalue weighted by molar-refractivity contribution is 0.513. The molecule has 0 aliphatic heterocycles. The van der Waals surface area contributed by atoms with Crippen LogP contribution in [0.3, 0.4) is 0 Å². The lowest BCUT2D eigenvalue weighted by atomic mass is 9.97. The summed E-state index contributed by atoms with van der Waals surface area (Å²) in [6.45, 7) is 9.24. The molecular formula is C14H17N. The van der Waals surface area contributed by atoms with E-state index in [-0.39, 0.29) is 0 Å². The van der Waals surface area contributed by atoms with Crippen molar-refractivity contribution in [2.75, 3.05) is 0 Å². The molecule has 0 N–H and O–H groups in total. The third kappa shape index (κ3) is 2.59. The molecule has 1 fully saturated rings. The Morgan fingerprint density at radius 2 is 2.00 bits per heavy atom. The molecule has 1 aromatic carbocycles. The largest absolute Gasteiger partial charge is 0.238 e. The van der Waals surface area contributed by atoms with Gasteiger partial charge in [0.25, 0.3) is 0 Å². The van der Waals surface area contributed by atoms with Crippen molar-refractivity contribution in [3.8, 4) is 0 Å². The van der Waals surface area contributed by atoms with Gasteiger partial charge >= 0.3 is 0 Å². The number of hydrogen-bond donors (Lipinski definition) is 0. The first-order chi connectivity index (χ1) is 7.28. The van der Waals surface area contributed by atoms with Crippen molar-refractivity contribution in [2.24, 2.45) is 11.8 Å². The van der Waals surface area contributed by atoms with Crippen molar-refractivity contribution in [3.63, 3.8) is 0 Å². The van der Waals surface area contributed by atoms with Gasteiger partial charge in [0.1, 0.15) is 0 Å². The van der Waals surface area contributed by atoms with Crippen LogP contribution >= 0.6 is 0 Å². The summed E-state index contributed by atoms with van der Waals surface area (Å²) in [4.78, 5) is 3.41. The summed E-state index contributed by atoms with van der Waals surface area (Å²) in [7, 11) is 0. The predicted octanol–water partition coefficient (Wildman–Crippen LogP) is 4.22. The first-order valence-electron chi connectivity index (χ1n) is 5.74. The molecule has 0 heterocycles. The number of rotatable bonds is 2. The smallest absolute Gasteiger partial charge is 0.187 e. The summed E-state index contributed by atoms with van der Waals surface area (Å²) in [6, 6.07) is 8.08. The van der Waals surface area contributed by atoms with E-state index in [4.69, 9.17) is 6.57 Å². The molecule has 1 heteroatoms. The Morgan fingerprint density at radius 1 is 1.27 bits per heavy atom. The Labute approximate surface area is 91.9 Å². The van der Waals surface area contributed by atoms with E-state index in [1.807, 2.05) is 12.1 Å². The summed E-state index contributed by atoms with van der Waals surface area (Å²) in [6.07, 6.45) is 5.35. The highest BCUT2D eigenvalue weighted by molar-refractivity contribution is 5.45. The monoisotopic (exact) mass is 199 g/mol. The standard InChI is InChI=1S/C14H17N/c1-11-3-4-13(9-11)10-12-5-7-14(15-2)8-6-12/h5-8,11,13H,3-4,9-10H2,1H3/t11-,13+/m1/s1. The van der Waals surface area contributed by atoms with Crippen molar-refractivity contribution in [1.29, 1.82) is 0 Å². The second-order valence-corrected chi connectivity index (χ2v) is 4.77. The van der Waals surface area contributed by atoms with E-state index >= 15 is 0 Å². The molecule has 0 amide bonds. The minimum atomic E-state index is 0.749. The van der Waals surface area contributed by atoms with Gasteiger partial charge in [-0.3, -0.25) is 0 Å². The lowest BCUT2D eigenvalue weighted by Gasteiger charge is -2.09. The second kappa shape index (κ2) is 4.49. The summed E-state index contributed by atoms with van der Waals surface area (Å²) < 4.78 is 0. The number of hydrogen-bond acceptors (Lipinski definition) is 0. The van der Waals surface area contributed by atoms with Crippen LogP contribution in [0, 0.1) is 18.4 Å². The Morgan fingerprint density at radius 3 is 2.53 bits per heavy atom. The minimum Gasteiger partial charge on any atom is -0.238 e. The average molecular weight is 199 g/mol. The Kier molecular flexibility index (Phi) is 3.06. The summed E-state index contributed by atoms with van der Waals surface area (Å²) in [5.41, 5.74) is 2.14. The minimum absolute atomic E-state index is 0.749. The Bertz CT molecular complexity index is 358. The van der Waals surface area contributed by atoms with Gasteiger partial charge in [-0.1, -0.05) is 43.2 Å². The first-order valence-corrected chi connectivity index (χ1v) is 5.74. The molecular weight excluding hydrogens is 182 g/mol. The highest BCUT2D eigenvalue weighted by atomic mass is 14.6. The number of nitrogens with zero attached hydrogens (tertiary/aromatic N) is 1. The molecule has 0 unspecified atom stereocenters. The molecule has 78 valence electrons.